The number of carbonyl (C=O) groups excluding carboxylic acids is 3. The van der Waals surface area contributed by atoms with E-state index >= 15 is 0 Å². The van der Waals surface area contributed by atoms with Crippen LogP contribution >= 0.6 is 0 Å². The summed E-state index contributed by atoms with van der Waals surface area (Å²) in [5.41, 5.74) is 6.10. The maximum absolute atomic E-state index is 12.8. The lowest BCUT2D eigenvalue weighted by atomic mass is 9.94. The number of hydrogen-bond donors (Lipinski definition) is 4. The van der Waals surface area contributed by atoms with Crippen LogP contribution in [0.25, 0.3) is 10.9 Å². The predicted molar refractivity (Wildman–Crippen MR) is 107 cm³/mol. The minimum atomic E-state index is -1.52. The fourth-order valence-electron chi connectivity index (χ4n) is 3.92. The summed E-state index contributed by atoms with van der Waals surface area (Å²) in [6.07, 6.45) is 2.03. The van der Waals surface area contributed by atoms with Gasteiger partial charge >= 0.3 is 0 Å². The Morgan fingerprint density at radius 1 is 1.30 bits per heavy atom. The summed E-state index contributed by atoms with van der Waals surface area (Å²) in [5.74, 6) is -2.44. The van der Waals surface area contributed by atoms with E-state index in [1.54, 1.807) is 4.90 Å². The number of piperidine rings is 1. The first-order chi connectivity index (χ1) is 14.3. The smallest absolute Gasteiger partial charge is 0.281 e. The Bertz CT molecular complexity index is 917. The molecule has 6 N–H and O–H groups in total. The summed E-state index contributed by atoms with van der Waals surface area (Å²) in [6.45, 7) is 2.09. The maximum Gasteiger partial charge on any atom is 0.281 e. The first kappa shape index (κ1) is 21.8. The number of aromatic nitrogens is 1. The molecule has 30 heavy (non-hydrogen) atoms. The molecule has 2 heterocycles. The molecule has 2 aromatic rings. The van der Waals surface area contributed by atoms with Gasteiger partial charge in [0.1, 0.15) is 0 Å². The van der Waals surface area contributed by atoms with Crippen LogP contribution < -0.4 is 16.2 Å². The Morgan fingerprint density at radius 2 is 1.97 bits per heavy atom. The number of H-pyrrole nitrogens is 1. The van der Waals surface area contributed by atoms with Gasteiger partial charge in [0.15, 0.2) is 6.04 Å². The fraction of sp³-hybridized carbons (Fsp3) is 0.476. The number of nitrogens with zero attached hydrogens (tertiary/aromatic N) is 1. The van der Waals surface area contributed by atoms with Crippen LogP contribution in [-0.2, 0) is 20.8 Å². The Kier molecular flexibility index (Phi) is 6.73. The number of nitrogens with one attached hydrogen (secondary N) is 2. The summed E-state index contributed by atoms with van der Waals surface area (Å²) < 4.78 is 0. The van der Waals surface area contributed by atoms with Crippen LogP contribution in [0.4, 0.5) is 0 Å². The van der Waals surface area contributed by atoms with E-state index in [1.807, 2.05) is 30.5 Å². The van der Waals surface area contributed by atoms with Crippen molar-refractivity contribution in [3.05, 3.63) is 36.0 Å². The average Bonchev–Trinajstić information content (AvgIpc) is 3.13. The molecule has 0 unspecified atom stereocenters. The normalized spacial score (nSPS) is 18.0. The molecule has 1 aliphatic heterocycles. The quantitative estimate of drug-likeness (QED) is 0.418. The van der Waals surface area contributed by atoms with Crippen molar-refractivity contribution in [2.45, 2.75) is 44.4 Å². The highest BCUT2D eigenvalue weighted by atomic mass is 16.4. The highest BCUT2D eigenvalue weighted by Gasteiger charge is 2.32. The van der Waals surface area contributed by atoms with Crippen molar-refractivity contribution in [1.82, 2.24) is 15.2 Å². The van der Waals surface area contributed by atoms with Crippen molar-refractivity contribution >= 4 is 28.7 Å². The van der Waals surface area contributed by atoms with Gasteiger partial charge in [-0.15, -0.1) is 0 Å². The first-order valence-corrected chi connectivity index (χ1v) is 10.1. The van der Waals surface area contributed by atoms with Crippen LogP contribution in [0.1, 0.15) is 25.3 Å². The molecule has 1 aliphatic rings. The van der Waals surface area contributed by atoms with Crippen molar-refractivity contribution in [2.24, 2.45) is 5.92 Å². The molecule has 0 spiro atoms. The SMILES string of the molecule is C[C@@H](O)[C@@H](NC(=O)C1CCN(C(=O)[C@@H]([NH3+])Cc2c[nH]c3ccccc23)CC1)C(=O)[O-]. The minimum Gasteiger partial charge on any atom is -0.548 e. The maximum atomic E-state index is 12.8. The van der Waals surface area contributed by atoms with Crippen molar-refractivity contribution in [3.8, 4) is 0 Å². The number of aliphatic hydroxyl groups is 1. The molecule has 3 rings (SSSR count). The van der Waals surface area contributed by atoms with E-state index in [4.69, 9.17) is 0 Å². The molecule has 162 valence electrons. The number of rotatable bonds is 7. The molecule has 1 fully saturated rings. The molecule has 1 aromatic heterocycles. The van der Waals surface area contributed by atoms with Crippen LogP contribution in [0.15, 0.2) is 30.5 Å². The van der Waals surface area contributed by atoms with Gasteiger partial charge in [-0.25, -0.2) is 0 Å². The zero-order valence-electron chi connectivity index (χ0n) is 17.0. The number of aliphatic carboxylic acids is 1. The van der Waals surface area contributed by atoms with Gasteiger partial charge in [-0.2, -0.15) is 0 Å². The molecule has 0 aliphatic carbocycles. The number of hydrogen-bond acceptors (Lipinski definition) is 5. The lowest BCUT2D eigenvalue weighted by Gasteiger charge is -2.33. The number of carbonyl (C=O) groups is 3. The Balaban J connectivity index is 1.53. The molecule has 9 heteroatoms. The number of benzene rings is 1. The topological polar surface area (TPSA) is 153 Å². The van der Waals surface area contributed by atoms with Crippen LogP contribution in [0, 0.1) is 5.92 Å². The van der Waals surface area contributed by atoms with Gasteiger partial charge < -0.3 is 35.9 Å². The predicted octanol–water partition coefficient (Wildman–Crippen LogP) is -1.82. The largest absolute Gasteiger partial charge is 0.548 e. The molecule has 9 nitrogen and oxygen atoms in total. The Morgan fingerprint density at radius 3 is 2.60 bits per heavy atom. The van der Waals surface area contributed by atoms with Crippen LogP contribution in [0.2, 0.25) is 0 Å². The number of para-hydroxylation sites is 1. The molecule has 1 aromatic carbocycles. The van der Waals surface area contributed by atoms with Gasteiger partial charge in [-0.05, 0) is 31.4 Å². The first-order valence-electron chi connectivity index (χ1n) is 10.1. The lowest BCUT2D eigenvalue weighted by Crippen LogP contribution is -2.69. The number of fused-ring (bicyclic) bond motifs is 1. The van der Waals surface area contributed by atoms with Crippen molar-refractivity contribution in [2.75, 3.05) is 13.1 Å². The number of carboxylic acid groups (broad SMARTS) is 1. The minimum absolute atomic E-state index is 0.0595. The van der Waals surface area contributed by atoms with Gasteiger partial charge in [0.2, 0.25) is 5.91 Å². The molecule has 0 radical (unpaired) electrons. The van der Waals surface area contributed by atoms with Gasteiger partial charge in [0.05, 0.1) is 18.1 Å². The van der Waals surface area contributed by atoms with E-state index in [9.17, 15) is 24.6 Å². The number of amides is 2. The molecular formula is C21H28N4O5. The molecule has 0 saturated carbocycles. The van der Waals surface area contributed by atoms with E-state index in [2.05, 4.69) is 16.0 Å². The number of carboxylic acids is 1. The summed E-state index contributed by atoms with van der Waals surface area (Å²) in [6, 6.07) is 6.02. The van der Waals surface area contributed by atoms with E-state index in [0.717, 1.165) is 16.5 Å². The van der Waals surface area contributed by atoms with Crippen LogP contribution in [0.3, 0.4) is 0 Å². The molecule has 0 bridgehead atoms. The van der Waals surface area contributed by atoms with E-state index in [0.29, 0.717) is 32.4 Å². The molecular weight excluding hydrogens is 388 g/mol. The highest BCUT2D eigenvalue weighted by molar-refractivity contribution is 5.86. The summed E-state index contributed by atoms with van der Waals surface area (Å²) in [5, 5.41) is 23.9. The third kappa shape index (κ3) is 4.80. The Hall–Kier alpha value is -2.91. The monoisotopic (exact) mass is 416 g/mol. The summed E-state index contributed by atoms with van der Waals surface area (Å²) >= 11 is 0. The Labute approximate surface area is 174 Å². The zero-order valence-corrected chi connectivity index (χ0v) is 17.0. The fourth-order valence-corrected chi connectivity index (χ4v) is 3.92. The molecule has 2 amide bonds. The van der Waals surface area contributed by atoms with Crippen molar-refractivity contribution in [1.29, 1.82) is 0 Å². The zero-order chi connectivity index (χ0) is 21.8. The van der Waals surface area contributed by atoms with Gasteiger partial charge in [-0.3, -0.25) is 9.59 Å². The third-order valence-electron chi connectivity index (χ3n) is 5.70. The highest BCUT2D eigenvalue weighted by Crippen LogP contribution is 2.21. The van der Waals surface area contributed by atoms with E-state index in [-0.39, 0.29) is 5.91 Å². The standard InChI is InChI=1S/C21H28N4O5/c1-12(26)18(21(29)30)24-19(27)13-6-8-25(9-7-13)20(28)16(22)10-14-11-23-17-5-3-2-4-15(14)17/h2-5,11-13,16,18,23,26H,6-10,22H2,1H3,(H,24,27)(H,29,30)/t12-,16+,18-/m1/s1. The van der Waals surface area contributed by atoms with Gasteiger partial charge in [0, 0.05) is 42.5 Å². The van der Waals surface area contributed by atoms with Gasteiger partial charge in [-0.1, -0.05) is 18.2 Å². The number of aromatic amines is 1. The summed E-state index contributed by atoms with van der Waals surface area (Å²) in [4.78, 5) is 41.1. The van der Waals surface area contributed by atoms with Crippen LogP contribution in [-0.4, -0.2) is 64.1 Å². The van der Waals surface area contributed by atoms with Crippen molar-refractivity contribution in [3.63, 3.8) is 0 Å². The van der Waals surface area contributed by atoms with E-state index in [1.165, 1.54) is 6.92 Å². The van der Waals surface area contributed by atoms with Crippen LogP contribution in [0.5, 0.6) is 0 Å². The lowest BCUT2D eigenvalue weighted by molar-refractivity contribution is -0.405. The third-order valence-corrected chi connectivity index (χ3v) is 5.70. The molecule has 1 saturated heterocycles. The number of aliphatic hydroxyl groups excluding tert-OH is 1. The van der Waals surface area contributed by atoms with E-state index < -0.39 is 36.0 Å². The molecule has 3 atom stereocenters. The number of likely N-dealkylation sites (tertiary alicyclic amines) is 1. The summed E-state index contributed by atoms with van der Waals surface area (Å²) in [7, 11) is 0. The second-order valence-electron chi connectivity index (χ2n) is 7.91. The second-order valence-corrected chi connectivity index (χ2v) is 7.91. The average molecular weight is 416 g/mol. The second kappa shape index (κ2) is 9.27. The van der Waals surface area contributed by atoms with Gasteiger partial charge in [0.25, 0.3) is 5.91 Å². The number of quaternary nitrogens is 1. The van der Waals surface area contributed by atoms with Crippen molar-refractivity contribution < 1.29 is 30.3 Å².